The Balaban J connectivity index is 1.53. The number of hydrogen-bond donors (Lipinski definition) is 1. The first-order chi connectivity index (χ1) is 13.9. The van der Waals surface area contributed by atoms with Gasteiger partial charge in [0.15, 0.2) is 6.61 Å². The van der Waals surface area contributed by atoms with Gasteiger partial charge in [0, 0.05) is 29.4 Å². The SMILES string of the molecule is Cc1cc(OCC(=O)Nc2ccc(C(=O)N3CCCCCC3)cc2)cc(C)c1Cl. The minimum absolute atomic E-state index is 0.0570. The first-order valence-corrected chi connectivity index (χ1v) is 10.4. The number of nitrogens with one attached hydrogen (secondary N) is 1. The Kier molecular flexibility index (Phi) is 7.15. The van der Waals surface area contributed by atoms with Gasteiger partial charge in [-0.2, -0.15) is 0 Å². The van der Waals surface area contributed by atoms with Gasteiger partial charge in [-0.05, 0) is 74.2 Å². The summed E-state index contributed by atoms with van der Waals surface area (Å²) < 4.78 is 5.58. The number of aryl methyl sites for hydroxylation is 2. The van der Waals surface area contributed by atoms with Crippen LogP contribution in [-0.4, -0.2) is 36.4 Å². The number of carbonyl (C=O) groups is 2. The van der Waals surface area contributed by atoms with E-state index in [0.29, 0.717) is 22.0 Å². The molecule has 0 unspecified atom stereocenters. The highest BCUT2D eigenvalue weighted by Crippen LogP contribution is 2.25. The average Bonchev–Trinajstić information content (AvgIpc) is 3.00. The maximum atomic E-state index is 12.6. The van der Waals surface area contributed by atoms with Crippen LogP contribution in [0.4, 0.5) is 5.69 Å². The Labute approximate surface area is 177 Å². The van der Waals surface area contributed by atoms with Crippen LogP contribution in [0.25, 0.3) is 0 Å². The molecule has 2 aromatic rings. The van der Waals surface area contributed by atoms with Crippen molar-refractivity contribution in [1.29, 1.82) is 0 Å². The second-order valence-electron chi connectivity index (χ2n) is 7.49. The lowest BCUT2D eigenvalue weighted by atomic mass is 10.1. The summed E-state index contributed by atoms with van der Waals surface area (Å²) in [5.74, 6) is 0.404. The first kappa shape index (κ1) is 21.2. The van der Waals surface area contributed by atoms with E-state index in [-0.39, 0.29) is 18.4 Å². The molecule has 6 heteroatoms. The van der Waals surface area contributed by atoms with Crippen molar-refractivity contribution in [2.24, 2.45) is 0 Å². The molecule has 1 heterocycles. The van der Waals surface area contributed by atoms with Crippen molar-refractivity contribution in [1.82, 2.24) is 4.90 Å². The van der Waals surface area contributed by atoms with Crippen LogP contribution in [0.2, 0.25) is 5.02 Å². The summed E-state index contributed by atoms with van der Waals surface area (Å²) in [7, 11) is 0. The molecule has 1 aliphatic heterocycles. The van der Waals surface area contributed by atoms with Gasteiger partial charge in [0.05, 0.1) is 0 Å². The van der Waals surface area contributed by atoms with Gasteiger partial charge in [0.25, 0.3) is 11.8 Å². The Morgan fingerprint density at radius 2 is 1.59 bits per heavy atom. The van der Waals surface area contributed by atoms with Gasteiger partial charge in [-0.1, -0.05) is 24.4 Å². The monoisotopic (exact) mass is 414 g/mol. The molecule has 29 heavy (non-hydrogen) atoms. The van der Waals surface area contributed by atoms with E-state index in [0.717, 1.165) is 37.1 Å². The lowest BCUT2D eigenvalue weighted by Gasteiger charge is -2.20. The number of anilines is 1. The zero-order valence-corrected chi connectivity index (χ0v) is 17.7. The molecule has 0 spiro atoms. The fourth-order valence-electron chi connectivity index (χ4n) is 3.49. The molecule has 0 aromatic heterocycles. The van der Waals surface area contributed by atoms with Crippen LogP contribution in [0.1, 0.15) is 47.2 Å². The molecule has 0 aliphatic carbocycles. The molecular formula is C23H27ClN2O3. The molecule has 1 fully saturated rings. The van der Waals surface area contributed by atoms with Crippen LogP contribution in [-0.2, 0) is 4.79 Å². The molecule has 154 valence electrons. The minimum atomic E-state index is -0.262. The average molecular weight is 415 g/mol. The van der Waals surface area contributed by atoms with E-state index in [2.05, 4.69) is 5.32 Å². The van der Waals surface area contributed by atoms with Crippen molar-refractivity contribution in [2.45, 2.75) is 39.5 Å². The van der Waals surface area contributed by atoms with Crippen molar-refractivity contribution in [2.75, 3.05) is 25.0 Å². The quantitative estimate of drug-likeness (QED) is 0.749. The molecule has 0 saturated carbocycles. The molecular weight excluding hydrogens is 388 g/mol. The van der Waals surface area contributed by atoms with Gasteiger partial charge >= 0.3 is 0 Å². The molecule has 1 aliphatic rings. The standard InChI is InChI=1S/C23H27ClN2O3/c1-16-13-20(14-17(2)22(16)24)29-15-21(27)25-19-9-7-18(8-10-19)23(28)26-11-5-3-4-6-12-26/h7-10,13-14H,3-6,11-12,15H2,1-2H3,(H,25,27). The maximum absolute atomic E-state index is 12.6. The fraction of sp³-hybridized carbons (Fsp3) is 0.391. The van der Waals surface area contributed by atoms with Gasteiger partial charge in [0.2, 0.25) is 0 Å². The number of hydrogen-bond acceptors (Lipinski definition) is 3. The van der Waals surface area contributed by atoms with Crippen molar-refractivity contribution in [3.8, 4) is 5.75 Å². The highest BCUT2D eigenvalue weighted by Gasteiger charge is 2.17. The molecule has 1 N–H and O–H groups in total. The van der Waals surface area contributed by atoms with Gasteiger partial charge < -0.3 is 15.0 Å². The maximum Gasteiger partial charge on any atom is 0.262 e. The van der Waals surface area contributed by atoms with Crippen LogP contribution < -0.4 is 10.1 Å². The fourth-order valence-corrected chi connectivity index (χ4v) is 3.60. The van der Waals surface area contributed by atoms with Crippen LogP contribution in [0.3, 0.4) is 0 Å². The minimum Gasteiger partial charge on any atom is -0.484 e. The number of nitrogens with zero attached hydrogens (tertiary/aromatic N) is 1. The van der Waals surface area contributed by atoms with Crippen molar-refractivity contribution < 1.29 is 14.3 Å². The van der Waals surface area contributed by atoms with E-state index in [1.54, 1.807) is 24.3 Å². The summed E-state index contributed by atoms with van der Waals surface area (Å²) >= 11 is 6.15. The normalized spacial score (nSPS) is 14.2. The number of likely N-dealkylation sites (tertiary alicyclic amines) is 1. The summed E-state index contributed by atoms with van der Waals surface area (Å²) in [5, 5.41) is 3.50. The Hall–Kier alpha value is -2.53. The Bertz CT molecular complexity index is 849. The van der Waals surface area contributed by atoms with Crippen LogP contribution in [0, 0.1) is 13.8 Å². The van der Waals surface area contributed by atoms with Crippen molar-refractivity contribution in [3.05, 3.63) is 58.1 Å². The van der Waals surface area contributed by atoms with Crippen LogP contribution >= 0.6 is 11.6 Å². The van der Waals surface area contributed by atoms with Crippen molar-refractivity contribution >= 4 is 29.1 Å². The van der Waals surface area contributed by atoms with E-state index < -0.39 is 0 Å². The zero-order valence-electron chi connectivity index (χ0n) is 17.0. The largest absolute Gasteiger partial charge is 0.484 e. The highest BCUT2D eigenvalue weighted by atomic mass is 35.5. The summed E-state index contributed by atoms with van der Waals surface area (Å²) in [6.07, 6.45) is 4.50. The molecule has 2 amide bonds. The zero-order chi connectivity index (χ0) is 20.8. The van der Waals surface area contributed by atoms with Crippen LogP contribution in [0.15, 0.2) is 36.4 Å². The second kappa shape index (κ2) is 9.79. The smallest absolute Gasteiger partial charge is 0.262 e. The third kappa shape index (κ3) is 5.73. The van der Waals surface area contributed by atoms with E-state index in [4.69, 9.17) is 16.3 Å². The third-order valence-electron chi connectivity index (χ3n) is 5.09. The Morgan fingerprint density at radius 3 is 2.17 bits per heavy atom. The topological polar surface area (TPSA) is 58.6 Å². The number of rotatable bonds is 5. The van der Waals surface area contributed by atoms with Gasteiger partial charge in [-0.15, -0.1) is 0 Å². The number of halogens is 1. The number of carbonyl (C=O) groups excluding carboxylic acids is 2. The van der Waals surface area contributed by atoms with E-state index in [1.807, 2.05) is 30.9 Å². The predicted molar refractivity (Wildman–Crippen MR) is 116 cm³/mol. The number of benzene rings is 2. The molecule has 0 bridgehead atoms. The second-order valence-corrected chi connectivity index (χ2v) is 7.87. The molecule has 1 saturated heterocycles. The van der Waals surface area contributed by atoms with Gasteiger partial charge in [-0.3, -0.25) is 9.59 Å². The van der Waals surface area contributed by atoms with Gasteiger partial charge in [0.1, 0.15) is 5.75 Å². The van der Waals surface area contributed by atoms with E-state index in [1.165, 1.54) is 12.8 Å². The lowest BCUT2D eigenvalue weighted by molar-refractivity contribution is -0.118. The summed E-state index contributed by atoms with van der Waals surface area (Å²) in [6.45, 7) is 5.33. The predicted octanol–water partition coefficient (Wildman–Crippen LogP) is 4.99. The summed E-state index contributed by atoms with van der Waals surface area (Å²) in [6, 6.07) is 10.6. The molecule has 3 rings (SSSR count). The van der Waals surface area contributed by atoms with E-state index >= 15 is 0 Å². The van der Waals surface area contributed by atoms with Crippen LogP contribution in [0.5, 0.6) is 5.75 Å². The Morgan fingerprint density at radius 1 is 1.00 bits per heavy atom. The van der Waals surface area contributed by atoms with Crippen molar-refractivity contribution in [3.63, 3.8) is 0 Å². The number of ether oxygens (including phenoxy) is 1. The molecule has 5 nitrogen and oxygen atoms in total. The molecule has 0 atom stereocenters. The number of amides is 2. The lowest BCUT2D eigenvalue weighted by Crippen LogP contribution is -2.31. The molecule has 0 radical (unpaired) electrons. The first-order valence-electron chi connectivity index (χ1n) is 10.0. The summed E-state index contributed by atoms with van der Waals surface area (Å²) in [4.78, 5) is 26.7. The summed E-state index contributed by atoms with van der Waals surface area (Å²) in [5.41, 5.74) is 3.10. The van der Waals surface area contributed by atoms with Gasteiger partial charge in [-0.25, -0.2) is 0 Å². The molecule has 2 aromatic carbocycles. The highest BCUT2D eigenvalue weighted by molar-refractivity contribution is 6.32. The van der Waals surface area contributed by atoms with E-state index in [9.17, 15) is 9.59 Å². The third-order valence-corrected chi connectivity index (χ3v) is 5.68.